The van der Waals surface area contributed by atoms with Crippen LogP contribution in [-0.2, 0) is 19.6 Å². The van der Waals surface area contributed by atoms with Crippen LogP contribution in [0.4, 0.5) is 0 Å². The third kappa shape index (κ3) is 6.65. The van der Waals surface area contributed by atoms with Crippen molar-refractivity contribution in [1.82, 2.24) is 15.4 Å². The van der Waals surface area contributed by atoms with E-state index in [9.17, 15) is 18.0 Å². The summed E-state index contributed by atoms with van der Waals surface area (Å²) in [5.41, 5.74) is 0.239. The molecule has 134 valence electrons. The SMILES string of the molecule is CO[C@H](C)CNC(=O)c1cccc(S(=O)(=O)NCCNC(C)=O)c1. The second kappa shape index (κ2) is 9.36. The summed E-state index contributed by atoms with van der Waals surface area (Å²) in [6.07, 6.45) is -0.142. The van der Waals surface area contributed by atoms with Gasteiger partial charge in [-0.25, -0.2) is 13.1 Å². The molecule has 1 aromatic rings. The minimum absolute atomic E-state index is 0.0160. The Labute approximate surface area is 142 Å². The molecule has 3 N–H and O–H groups in total. The fourth-order valence-corrected chi connectivity index (χ4v) is 2.81. The minimum atomic E-state index is -3.76. The van der Waals surface area contributed by atoms with Crippen LogP contribution in [0, 0.1) is 0 Å². The van der Waals surface area contributed by atoms with Gasteiger partial charge in [0, 0.05) is 39.2 Å². The molecule has 0 bridgehead atoms. The van der Waals surface area contributed by atoms with Gasteiger partial charge < -0.3 is 15.4 Å². The van der Waals surface area contributed by atoms with E-state index >= 15 is 0 Å². The zero-order chi connectivity index (χ0) is 18.2. The zero-order valence-electron chi connectivity index (χ0n) is 14.0. The molecule has 0 unspecified atom stereocenters. The van der Waals surface area contributed by atoms with E-state index in [1.165, 1.54) is 38.3 Å². The monoisotopic (exact) mass is 357 g/mol. The summed E-state index contributed by atoms with van der Waals surface area (Å²) in [5.74, 6) is -0.618. The average Bonchev–Trinajstić information content (AvgIpc) is 2.56. The van der Waals surface area contributed by atoms with E-state index in [2.05, 4.69) is 15.4 Å². The summed E-state index contributed by atoms with van der Waals surface area (Å²) < 4.78 is 31.8. The molecule has 0 radical (unpaired) electrons. The molecule has 0 fully saturated rings. The van der Waals surface area contributed by atoms with E-state index in [4.69, 9.17) is 4.74 Å². The first-order valence-electron chi connectivity index (χ1n) is 7.41. The van der Waals surface area contributed by atoms with E-state index in [-0.39, 0.29) is 41.5 Å². The quantitative estimate of drug-likeness (QED) is 0.533. The van der Waals surface area contributed by atoms with Crippen molar-refractivity contribution in [2.75, 3.05) is 26.7 Å². The number of sulfonamides is 1. The van der Waals surface area contributed by atoms with Gasteiger partial charge >= 0.3 is 0 Å². The molecule has 0 aromatic heterocycles. The van der Waals surface area contributed by atoms with E-state index in [0.717, 1.165) is 0 Å². The number of methoxy groups -OCH3 is 1. The molecule has 1 atom stereocenters. The largest absolute Gasteiger partial charge is 0.380 e. The van der Waals surface area contributed by atoms with Gasteiger partial charge in [-0.2, -0.15) is 0 Å². The predicted octanol–water partition coefficient (Wildman–Crippen LogP) is -0.134. The Morgan fingerprint density at radius 2 is 1.92 bits per heavy atom. The molecule has 0 aliphatic carbocycles. The minimum Gasteiger partial charge on any atom is -0.380 e. The molecule has 0 aliphatic heterocycles. The van der Waals surface area contributed by atoms with Crippen LogP contribution in [0.2, 0.25) is 0 Å². The van der Waals surface area contributed by atoms with Crippen LogP contribution in [0.15, 0.2) is 29.2 Å². The average molecular weight is 357 g/mol. The third-order valence-corrected chi connectivity index (χ3v) is 4.61. The molecule has 0 spiro atoms. The summed E-state index contributed by atoms with van der Waals surface area (Å²) in [7, 11) is -2.22. The maximum Gasteiger partial charge on any atom is 0.251 e. The lowest BCUT2D eigenvalue weighted by molar-refractivity contribution is -0.118. The van der Waals surface area contributed by atoms with Gasteiger partial charge in [-0.1, -0.05) is 6.07 Å². The first-order chi connectivity index (χ1) is 11.3. The van der Waals surface area contributed by atoms with Gasteiger partial charge in [0.15, 0.2) is 0 Å². The molecule has 1 aromatic carbocycles. The highest BCUT2D eigenvalue weighted by atomic mass is 32.2. The Bertz CT molecular complexity index is 675. The second-order valence-corrected chi connectivity index (χ2v) is 6.93. The van der Waals surface area contributed by atoms with Crippen molar-refractivity contribution in [3.8, 4) is 0 Å². The Morgan fingerprint density at radius 1 is 1.21 bits per heavy atom. The molecular formula is C15H23N3O5S. The van der Waals surface area contributed by atoms with Crippen LogP contribution < -0.4 is 15.4 Å². The van der Waals surface area contributed by atoms with Gasteiger partial charge in [0.05, 0.1) is 11.0 Å². The van der Waals surface area contributed by atoms with E-state index < -0.39 is 10.0 Å². The Balaban J connectivity index is 2.72. The number of carbonyl (C=O) groups is 2. The molecule has 8 nitrogen and oxygen atoms in total. The smallest absolute Gasteiger partial charge is 0.251 e. The number of carbonyl (C=O) groups excluding carboxylic acids is 2. The molecule has 0 aliphatic rings. The van der Waals surface area contributed by atoms with Crippen LogP contribution >= 0.6 is 0 Å². The van der Waals surface area contributed by atoms with Crippen LogP contribution in [0.25, 0.3) is 0 Å². The first-order valence-corrected chi connectivity index (χ1v) is 8.89. The Hall–Kier alpha value is -1.97. The third-order valence-electron chi connectivity index (χ3n) is 3.15. The lowest BCUT2D eigenvalue weighted by Crippen LogP contribution is -2.34. The Morgan fingerprint density at radius 3 is 2.54 bits per heavy atom. The van der Waals surface area contributed by atoms with Crippen LogP contribution in [-0.4, -0.2) is 53.1 Å². The molecular weight excluding hydrogens is 334 g/mol. The lowest BCUT2D eigenvalue weighted by atomic mass is 10.2. The number of nitrogens with one attached hydrogen (secondary N) is 3. The Kier molecular flexibility index (Phi) is 7.83. The predicted molar refractivity (Wildman–Crippen MR) is 89.1 cm³/mol. The fraction of sp³-hybridized carbons (Fsp3) is 0.467. The van der Waals surface area contributed by atoms with E-state index in [1.807, 2.05) is 0 Å². The van der Waals surface area contributed by atoms with Crippen LogP contribution in [0.3, 0.4) is 0 Å². The maximum absolute atomic E-state index is 12.2. The van der Waals surface area contributed by atoms with Gasteiger partial charge in [-0.15, -0.1) is 0 Å². The normalized spacial score (nSPS) is 12.5. The molecule has 24 heavy (non-hydrogen) atoms. The maximum atomic E-state index is 12.2. The number of hydrogen-bond donors (Lipinski definition) is 3. The van der Waals surface area contributed by atoms with E-state index in [0.29, 0.717) is 6.54 Å². The summed E-state index contributed by atoms with van der Waals surface area (Å²) in [6.45, 7) is 3.72. The molecule has 2 amide bonds. The number of hydrogen-bond acceptors (Lipinski definition) is 5. The summed E-state index contributed by atoms with van der Waals surface area (Å²) >= 11 is 0. The first kappa shape index (κ1) is 20.1. The van der Waals surface area contributed by atoms with Gasteiger partial charge in [0.25, 0.3) is 5.91 Å². The number of amides is 2. The van der Waals surface area contributed by atoms with Crippen LogP contribution in [0.1, 0.15) is 24.2 Å². The van der Waals surface area contributed by atoms with Crippen molar-refractivity contribution in [3.63, 3.8) is 0 Å². The topological polar surface area (TPSA) is 114 Å². The van der Waals surface area contributed by atoms with Gasteiger partial charge in [0.1, 0.15) is 0 Å². The number of benzene rings is 1. The van der Waals surface area contributed by atoms with Crippen molar-refractivity contribution < 1.29 is 22.7 Å². The van der Waals surface area contributed by atoms with Crippen molar-refractivity contribution in [2.24, 2.45) is 0 Å². The summed E-state index contributed by atoms with van der Waals surface area (Å²) in [4.78, 5) is 22.8. The number of ether oxygens (including phenoxy) is 1. The second-order valence-electron chi connectivity index (χ2n) is 5.16. The molecule has 1 rings (SSSR count). The lowest BCUT2D eigenvalue weighted by Gasteiger charge is -2.12. The van der Waals surface area contributed by atoms with E-state index in [1.54, 1.807) is 6.92 Å². The van der Waals surface area contributed by atoms with Crippen molar-refractivity contribution in [3.05, 3.63) is 29.8 Å². The van der Waals surface area contributed by atoms with Crippen LogP contribution in [0.5, 0.6) is 0 Å². The highest BCUT2D eigenvalue weighted by Gasteiger charge is 2.16. The highest BCUT2D eigenvalue weighted by molar-refractivity contribution is 7.89. The molecule has 0 saturated heterocycles. The summed E-state index contributed by atoms with van der Waals surface area (Å²) in [5, 5.41) is 5.16. The number of rotatable bonds is 9. The van der Waals surface area contributed by atoms with Gasteiger partial charge in [-0.05, 0) is 25.1 Å². The van der Waals surface area contributed by atoms with Crippen molar-refractivity contribution >= 4 is 21.8 Å². The van der Waals surface area contributed by atoms with Crippen molar-refractivity contribution in [2.45, 2.75) is 24.8 Å². The molecule has 9 heteroatoms. The molecule has 0 saturated carbocycles. The standard InChI is InChI=1S/C15H23N3O5S/c1-11(23-3)10-17-15(20)13-5-4-6-14(9-13)24(21,22)18-8-7-16-12(2)19/h4-6,9,11,18H,7-8,10H2,1-3H3,(H,16,19)(H,17,20)/t11-/m1/s1. The molecule has 0 heterocycles. The zero-order valence-corrected chi connectivity index (χ0v) is 14.8. The highest BCUT2D eigenvalue weighted by Crippen LogP contribution is 2.11. The fourth-order valence-electron chi connectivity index (χ4n) is 1.73. The van der Waals surface area contributed by atoms with Gasteiger partial charge in [-0.3, -0.25) is 9.59 Å². The van der Waals surface area contributed by atoms with Crippen molar-refractivity contribution in [1.29, 1.82) is 0 Å². The van der Waals surface area contributed by atoms with Gasteiger partial charge in [0.2, 0.25) is 15.9 Å². The summed E-state index contributed by atoms with van der Waals surface area (Å²) in [6, 6.07) is 5.73.